The van der Waals surface area contributed by atoms with Gasteiger partial charge in [-0.05, 0) is 30.5 Å². The Kier molecular flexibility index (Phi) is 5.15. The summed E-state index contributed by atoms with van der Waals surface area (Å²) in [7, 11) is 1.85. The molecule has 102 valence electrons. The third kappa shape index (κ3) is 4.21. The van der Waals surface area contributed by atoms with Gasteiger partial charge in [0.25, 0.3) is 0 Å². The van der Waals surface area contributed by atoms with Gasteiger partial charge in [-0.15, -0.1) is 10.2 Å². The Morgan fingerprint density at radius 3 is 2.63 bits per heavy atom. The summed E-state index contributed by atoms with van der Waals surface area (Å²) in [6.07, 6.45) is 2.92. The lowest BCUT2D eigenvalue weighted by Gasteiger charge is -2.05. The summed E-state index contributed by atoms with van der Waals surface area (Å²) >= 11 is 1.60. The van der Waals surface area contributed by atoms with Crippen molar-refractivity contribution in [3.63, 3.8) is 0 Å². The summed E-state index contributed by atoms with van der Waals surface area (Å²) in [5.74, 6) is 0.936. The summed E-state index contributed by atoms with van der Waals surface area (Å²) < 4.78 is 5.70. The van der Waals surface area contributed by atoms with Crippen molar-refractivity contribution in [2.45, 2.75) is 26.2 Å². The predicted octanol–water partition coefficient (Wildman–Crippen LogP) is 3.15. The minimum Gasteiger partial charge on any atom is -0.494 e. The van der Waals surface area contributed by atoms with Gasteiger partial charge in [0.2, 0.25) is 5.13 Å². The lowest BCUT2D eigenvalue weighted by atomic mass is 10.2. The van der Waals surface area contributed by atoms with Crippen LogP contribution in [0.4, 0.5) is 5.13 Å². The zero-order valence-corrected chi connectivity index (χ0v) is 12.2. The molecule has 0 unspecified atom stereocenters. The molecule has 5 heteroatoms. The van der Waals surface area contributed by atoms with Crippen molar-refractivity contribution in [2.75, 3.05) is 19.0 Å². The second-order valence-corrected chi connectivity index (χ2v) is 5.26. The van der Waals surface area contributed by atoms with Gasteiger partial charge >= 0.3 is 0 Å². The molecule has 0 saturated heterocycles. The molecule has 0 amide bonds. The molecule has 0 bridgehead atoms. The van der Waals surface area contributed by atoms with Crippen molar-refractivity contribution in [1.29, 1.82) is 0 Å². The van der Waals surface area contributed by atoms with Gasteiger partial charge in [0.15, 0.2) is 0 Å². The number of ether oxygens (including phenoxy) is 1. The van der Waals surface area contributed by atoms with Gasteiger partial charge in [0, 0.05) is 13.5 Å². The van der Waals surface area contributed by atoms with Crippen molar-refractivity contribution in [1.82, 2.24) is 10.2 Å². The molecule has 0 aliphatic carbocycles. The molecule has 0 aliphatic rings. The number of hydrogen-bond donors (Lipinski definition) is 1. The minimum absolute atomic E-state index is 0.708. The van der Waals surface area contributed by atoms with Crippen molar-refractivity contribution in [3.05, 3.63) is 34.8 Å². The Morgan fingerprint density at radius 2 is 2.00 bits per heavy atom. The van der Waals surface area contributed by atoms with Crippen LogP contribution in [-0.4, -0.2) is 23.9 Å². The van der Waals surface area contributed by atoms with E-state index in [2.05, 4.69) is 34.6 Å². The zero-order valence-electron chi connectivity index (χ0n) is 11.3. The summed E-state index contributed by atoms with van der Waals surface area (Å²) in [6, 6.07) is 8.28. The van der Waals surface area contributed by atoms with Crippen LogP contribution in [0, 0.1) is 0 Å². The van der Waals surface area contributed by atoms with Crippen LogP contribution in [0.1, 0.15) is 23.9 Å². The Bertz CT molecular complexity index is 496. The first-order chi connectivity index (χ1) is 9.31. The van der Waals surface area contributed by atoms with E-state index in [1.807, 2.05) is 19.2 Å². The fourth-order valence-corrected chi connectivity index (χ4v) is 2.43. The molecule has 2 rings (SSSR count). The van der Waals surface area contributed by atoms with Crippen LogP contribution >= 0.6 is 11.3 Å². The summed E-state index contributed by atoms with van der Waals surface area (Å²) in [5.41, 5.74) is 1.33. The number of anilines is 1. The van der Waals surface area contributed by atoms with E-state index in [0.29, 0.717) is 6.61 Å². The van der Waals surface area contributed by atoms with Crippen molar-refractivity contribution < 1.29 is 4.74 Å². The molecule has 0 saturated carbocycles. The monoisotopic (exact) mass is 277 g/mol. The van der Waals surface area contributed by atoms with Crippen LogP contribution in [0.3, 0.4) is 0 Å². The smallest absolute Gasteiger partial charge is 0.205 e. The number of nitrogens with one attached hydrogen (secondary N) is 1. The maximum Gasteiger partial charge on any atom is 0.205 e. The van der Waals surface area contributed by atoms with Gasteiger partial charge in [0.05, 0.1) is 6.61 Å². The average molecular weight is 277 g/mol. The highest BCUT2D eigenvalue weighted by molar-refractivity contribution is 7.15. The van der Waals surface area contributed by atoms with Crippen molar-refractivity contribution >= 4 is 16.5 Å². The lowest BCUT2D eigenvalue weighted by molar-refractivity contribution is 0.311. The fraction of sp³-hybridized carbons (Fsp3) is 0.429. The minimum atomic E-state index is 0.708. The summed E-state index contributed by atoms with van der Waals surface area (Å²) in [4.78, 5) is 0. The van der Waals surface area contributed by atoms with Crippen LogP contribution in [-0.2, 0) is 12.8 Å². The van der Waals surface area contributed by atoms with Gasteiger partial charge < -0.3 is 10.1 Å². The van der Waals surface area contributed by atoms with E-state index in [4.69, 9.17) is 4.74 Å². The normalized spacial score (nSPS) is 10.4. The Labute approximate surface area is 117 Å². The number of aryl methyl sites for hydroxylation is 2. The molecule has 1 heterocycles. The van der Waals surface area contributed by atoms with Gasteiger partial charge in [-0.3, -0.25) is 0 Å². The molecular formula is C14H19N3OS. The third-order valence-corrected chi connectivity index (χ3v) is 3.82. The van der Waals surface area contributed by atoms with Crippen molar-refractivity contribution in [2.24, 2.45) is 0 Å². The van der Waals surface area contributed by atoms with Gasteiger partial charge in [-0.25, -0.2) is 0 Å². The second kappa shape index (κ2) is 7.09. The molecule has 0 atom stereocenters. The zero-order chi connectivity index (χ0) is 13.5. The van der Waals surface area contributed by atoms with Gasteiger partial charge in [-0.1, -0.05) is 30.4 Å². The molecule has 0 spiro atoms. The highest BCUT2D eigenvalue weighted by atomic mass is 32.1. The van der Waals surface area contributed by atoms with Gasteiger partial charge in [-0.2, -0.15) is 0 Å². The Morgan fingerprint density at radius 1 is 1.21 bits per heavy atom. The number of aromatic nitrogens is 2. The first-order valence-corrected chi connectivity index (χ1v) is 7.35. The maximum atomic E-state index is 5.70. The first kappa shape index (κ1) is 13.8. The van der Waals surface area contributed by atoms with E-state index in [-0.39, 0.29) is 0 Å². The van der Waals surface area contributed by atoms with Crippen LogP contribution in [0.5, 0.6) is 5.75 Å². The van der Waals surface area contributed by atoms with Crippen LogP contribution < -0.4 is 10.1 Å². The van der Waals surface area contributed by atoms with Crippen LogP contribution in [0.15, 0.2) is 24.3 Å². The molecular weight excluding hydrogens is 258 g/mol. The topological polar surface area (TPSA) is 47.0 Å². The quantitative estimate of drug-likeness (QED) is 0.790. The first-order valence-electron chi connectivity index (χ1n) is 6.53. The van der Waals surface area contributed by atoms with Crippen molar-refractivity contribution in [3.8, 4) is 5.75 Å². The molecule has 0 aliphatic heterocycles. The Hall–Kier alpha value is -1.62. The molecule has 0 fully saturated rings. The van der Waals surface area contributed by atoms with Crippen LogP contribution in [0.2, 0.25) is 0 Å². The molecule has 2 aromatic rings. The van der Waals surface area contributed by atoms with E-state index >= 15 is 0 Å². The van der Waals surface area contributed by atoms with Gasteiger partial charge in [0.1, 0.15) is 10.8 Å². The second-order valence-electron chi connectivity index (χ2n) is 4.20. The van der Waals surface area contributed by atoms with Crippen LogP contribution in [0.25, 0.3) is 0 Å². The molecule has 4 nitrogen and oxygen atoms in total. The molecule has 0 radical (unpaired) electrons. The third-order valence-electron chi connectivity index (χ3n) is 2.82. The van der Waals surface area contributed by atoms with E-state index in [1.165, 1.54) is 5.56 Å². The summed E-state index contributed by atoms with van der Waals surface area (Å²) in [5, 5.41) is 13.0. The number of benzene rings is 1. The molecule has 1 aromatic heterocycles. The molecule has 19 heavy (non-hydrogen) atoms. The largest absolute Gasteiger partial charge is 0.494 e. The highest BCUT2D eigenvalue weighted by Gasteiger charge is 2.02. The molecule has 1 aromatic carbocycles. The molecule has 1 N–H and O–H groups in total. The lowest BCUT2D eigenvalue weighted by Crippen LogP contribution is -1.99. The van der Waals surface area contributed by atoms with E-state index < -0.39 is 0 Å². The Balaban J connectivity index is 1.71. The SMILES string of the molecule is CCc1ccc(OCCCc2nnc(NC)s2)cc1. The predicted molar refractivity (Wildman–Crippen MR) is 79.1 cm³/mol. The number of rotatable bonds is 7. The fourth-order valence-electron chi connectivity index (χ4n) is 1.69. The van der Waals surface area contributed by atoms with E-state index in [0.717, 1.165) is 35.2 Å². The standard InChI is InChI=1S/C14H19N3OS/c1-3-11-6-8-12(9-7-11)18-10-4-5-13-16-17-14(15-2)19-13/h6-9H,3-5,10H2,1-2H3,(H,15,17). The van der Waals surface area contributed by atoms with E-state index in [1.54, 1.807) is 11.3 Å². The average Bonchev–Trinajstić information content (AvgIpc) is 2.92. The van der Waals surface area contributed by atoms with E-state index in [9.17, 15) is 0 Å². The maximum absolute atomic E-state index is 5.70. The number of hydrogen-bond acceptors (Lipinski definition) is 5. The summed E-state index contributed by atoms with van der Waals surface area (Å²) in [6.45, 7) is 2.86. The number of nitrogens with zero attached hydrogens (tertiary/aromatic N) is 2. The highest BCUT2D eigenvalue weighted by Crippen LogP contribution is 2.16.